The SMILES string of the molecule is O=C(NCc1ccccn1)c1cc(N2CCc3ccccc32)ncn1. The van der Waals surface area contributed by atoms with E-state index in [-0.39, 0.29) is 5.91 Å². The van der Waals surface area contributed by atoms with Crippen LogP contribution in [-0.4, -0.2) is 27.4 Å². The first-order chi connectivity index (χ1) is 12.3. The molecule has 3 heterocycles. The number of carbonyl (C=O) groups excluding carboxylic acids is 1. The van der Waals surface area contributed by atoms with Crippen LogP contribution in [0.4, 0.5) is 11.5 Å². The Labute approximate surface area is 145 Å². The van der Waals surface area contributed by atoms with E-state index in [9.17, 15) is 4.79 Å². The summed E-state index contributed by atoms with van der Waals surface area (Å²) < 4.78 is 0. The number of aromatic nitrogens is 3. The normalized spacial score (nSPS) is 12.7. The van der Waals surface area contributed by atoms with E-state index in [0.717, 1.165) is 30.2 Å². The van der Waals surface area contributed by atoms with Gasteiger partial charge in [-0.05, 0) is 30.2 Å². The van der Waals surface area contributed by atoms with Crippen LogP contribution in [0.15, 0.2) is 61.1 Å². The van der Waals surface area contributed by atoms with Crippen LogP contribution in [0.25, 0.3) is 0 Å². The van der Waals surface area contributed by atoms with Crippen molar-refractivity contribution in [3.05, 3.63) is 78.0 Å². The van der Waals surface area contributed by atoms with Crippen LogP contribution in [-0.2, 0) is 13.0 Å². The number of benzene rings is 1. The predicted molar refractivity (Wildman–Crippen MR) is 94.6 cm³/mol. The maximum Gasteiger partial charge on any atom is 0.270 e. The second-order valence-electron chi connectivity index (χ2n) is 5.80. The molecule has 0 radical (unpaired) electrons. The Balaban J connectivity index is 1.51. The number of nitrogens with one attached hydrogen (secondary N) is 1. The lowest BCUT2D eigenvalue weighted by molar-refractivity contribution is 0.0945. The first-order valence-electron chi connectivity index (χ1n) is 8.17. The lowest BCUT2D eigenvalue weighted by atomic mass is 10.2. The Morgan fingerprint density at radius 3 is 2.84 bits per heavy atom. The minimum absolute atomic E-state index is 0.234. The zero-order valence-electron chi connectivity index (χ0n) is 13.6. The van der Waals surface area contributed by atoms with Crippen LogP contribution in [0.2, 0.25) is 0 Å². The number of para-hydroxylation sites is 1. The molecule has 1 aromatic carbocycles. The fourth-order valence-electron chi connectivity index (χ4n) is 2.96. The third kappa shape index (κ3) is 3.19. The van der Waals surface area contributed by atoms with Gasteiger partial charge in [0.15, 0.2) is 0 Å². The van der Waals surface area contributed by atoms with Gasteiger partial charge in [-0.2, -0.15) is 0 Å². The van der Waals surface area contributed by atoms with Crippen molar-refractivity contribution in [1.29, 1.82) is 0 Å². The van der Waals surface area contributed by atoms with Crippen molar-refractivity contribution in [2.75, 3.05) is 11.4 Å². The summed E-state index contributed by atoms with van der Waals surface area (Å²) in [5, 5.41) is 2.84. The smallest absolute Gasteiger partial charge is 0.270 e. The molecule has 0 bridgehead atoms. The number of carbonyl (C=O) groups is 1. The molecule has 0 spiro atoms. The Morgan fingerprint density at radius 1 is 1.08 bits per heavy atom. The standard InChI is InChI=1S/C19H17N5O/c25-19(21-12-15-6-3-4-9-20-15)16-11-18(23-13-22-16)24-10-8-14-5-1-2-7-17(14)24/h1-7,9,11,13H,8,10,12H2,(H,21,25). The molecule has 6 nitrogen and oxygen atoms in total. The van der Waals surface area contributed by atoms with Gasteiger partial charge >= 0.3 is 0 Å². The van der Waals surface area contributed by atoms with Crippen molar-refractivity contribution in [2.45, 2.75) is 13.0 Å². The van der Waals surface area contributed by atoms with Gasteiger partial charge in [-0.15, -0.1) is 0 Å². The van der Waals surface area contributed by atoms with Crippen molar-refractivity contribution in [1.82, 2.24) is 20.3 Å². The van der Waals surface area contributed by atoms with Crippen molar-refractivity contribution in [2.24, 2.45) is 0 Å². The summed E-state index contributed by atoms with van der Waals surface area (Å²) in [6.45, 7) is 1.22. The van der Waals surface area contributed by atoms with Gasteiger partial charge in [0, 0.05) is 24.5 Å². The van der Waals surface area contributed by atoms with E-state index in [1.165, 1.54) is 11.9 Å². The monoisotopic (exact) mass is 331 g/mol. The Bertz CT molecular complexity index is 897. The Hall–Kier alpha value is -3.28. The highest BCUT2D eigenvalue weighted by atomic mass is 16.1. The van der Waals surface area contributed by atoms with Gasteiger partial charge in [0.2, 0.25) is 0 Å². The van der Waals surface area contributed by atoms with Gasteiger partial charge in [-0.1, -0.05) is 24.3 Å². The van der Waals surface area contributed by atoms with Gasteiger partial charge in [-0.3, -0.25) is 9.78 Å². The molecule has 6 heteroatoms. The van der Waals surface area contributed by atoms with E-state index in [2.05, 4.69) is 37.3 Å². The van der Waals surface area contributed by atoms with Crippen LogP contribution in [0.1, 0.15) is 21.7 Å². The lowest BCUT2D eigenvalue weighted by Gasteiger charge is -2.18. The Kier molecular flexibility index (Phi) is 4.08. The first kappa shape index (κ1) is 15.3. The zero-order valence-corrected chi connectivity index (χ0v) is 13.6. The maximum absolute atomic E-state index is 12.4. The van der Waals surface area contributed by atoms with Crippen LogP contribution < -0.4 is 10.2 Å². The molecule has 1 aliphatic heterocycles. The number of hydrogen-bond acceptors (Lipinski definition) is 5. The highest BCUT2D eigenvalue weighted by molar-refractivity contribution is 5.93. The van der Waals surface area contributed by atoms with Gasteiger partial charge in [-0.25, -0.2) is 9.97 Å². The number of fused-ring (bicyclic) bond motifs is 1. The molecule has 1 amide bonds. The second-order valence-corrected chi connectivity index (χ2v) is 5.80. The quantitative estimate of drug-likeness (QED) is 0.795. The lowest BCUT2D eigenvalue weighted by Crippen LogP contribution is -2.25. The number of hydrogen-bond donors (Lipinski definition) is 1. The average Bonchev–Trinajstić information content (AvgIpc) is 3.11. The Morgan fingerprint density at radius 2 is 1.96 bits per heavy atom. The molecular weight excluding hydrogens is 314 g/mol. The first-order valence-corrected chi connectivity index (χ1v) is 8.17. The highest BCUT2D eigenvalue weighted by Crippen LogP contribution is 2.32. The fraction of sp³-hybridized carbons (Fsp3) is 0.158. The van der Waals surface area contributed by atoms with E-state index in [1.807, 2.05) is 30.3 Å². The van der Waals surface area contributed by atoms with E-state index in [4.69, 9.17) is 0 Å². The molecule has 3 aromatic rings. The van der Waals surface area contributed by atoms with Crippen LogP contribution >= 0.6 is 0 Å². The predicted octanol–water partition coefficient (Wildman–Crippen LogP) is 2.50. The van der Waals surface area contributed by atoms with Crippen LogP contribution in [0.5, 0.6) is 0 Å². The molecule has 0 aliphatic carbocycles. The summed E-state index contributed by atoms with van der Waals surface area (Å²) in [6, 6.07) is 15.6. The largest absolute Gasteiger partial charge is 0.345 e. The zero-order chi connectivity index (χ0) is 17.1. The third-order valence-electron chi connectivity index (χ3n) is 4.21. The molecule has 1 aliphatic rings. The van der Waals surface area contributed by atoms with E-state index < -0.39 is 0 Å². The number of rotatable bonds is 4. The summed E-state index contributed by atoms with van der Waals surface area (Å²) >= 11 is 0. The van der Waals surface area contributed by atoms with Crippen molar-refractivity contribution < 1.29 is 4.79 Å². The minimum atomic E-state index is -0.234. The molecule has 0 fully saturated rings. The number of anilines is 2. The summed E-state index contributed by atoms with van der Waals surface area (Å²) in [4.78, 5) is 27.1. The molecule has 0 atom stereocenters. The topological polar surface area (TPSA) is 71.0 Å². The van der Waals surface area contributed by atoms with Gasteiger partial charge < -0.3 is 10.2 Å². The molecule has 0 saturated carbocycles. The van der Waals surface area contributed by atoms with Crippen LogP contribution in [0, 0.1) is 0 Å². The number of nitrogens with zero attached hydrogens (tertiary/aromatic N) is 4. The molecule has 25 heavy (non-hydrogen) atoms. The summed E-state index contributed by atoms with van der Waals surface area (Å²) in [6.07, 6.45) is 4.11. The molecule has 0 unspecified atom stereocenters. The minimum Gasteiger partial charge on any atom is -0.345 e. The summed E-state index contributed by atoms with van der Waals surface area (Å²) in [7, 11) is 0. The number of pyridine rings is 1. The number of amides is 1. The van der Waals surface area contributed by atoms with E-state index in [1.54, 1.807) is 12.3 Å². The van der Waals surface area contributed by atoms with E-state index in [0.29, 0.717) is 12.2 Å². The third-order valence-corrected chi connectivity index (χ3v) is 4.21. The van der Waals surface area contributed by atoms with Gasteiger partial charge in [0.05, 0.1) is 12.2 Å². The van der Waals surface area contributed by atoms with Crippen LogP contribution in [0.3, 0.4) is 0 Å². The molecule has 2 aromatic heterocycles. The van der Waals surface area contributed by atoms with Gasteiger partial charge in [0.25, 0.3) is 5.91 Å². The van der Waals surface area contributed by atoms with E-state index >= 15 is 0 Å². The second kappa shape index (κ2) is 6.68. The van der Waals surface area contributed by atoms with Crippen molar-refractivity contribution in [3.8, 4) is 0 Å². The molecule has 0 saturated heterocycles. The molecular formula is C19H17N5O. The molecule has 1 N–H and O–H groups in total. The summed E-state index contributed by atoms with van der Waals surface area (Å²) in [5.41, 5.74) is 3.59. The maximum atomic E-state index is 12.4. The molecule has 4 rings (SSSR count). The van der Waals surface area contributed by atoms with Crippen molar-refractivity contribution in [3.63, 3.8) is 0 Å². The highest BCUT2D eigenvalue weighted by Gasteiger charge is 2.21. The summed E-state index contributed by atoms with van der Waals surface area (Å²) in [5.74, 6) is 0.504. The van der Waals surface area contributed by atoms with Gasteiger partial charge in [0.1, 0.15) is 17.8 Å². The molecule has 124 valence electrons. The fourth-order valence-corrected chi connectivity index (χ4v) is 2.96. The average molecular weight is 331 g/mol. The van der Waals surface area contributed by atoms with Crippen molar-refractivity contribution >= 4 is 17.4 Å².